The van der Waals surface area contributed by atoms with Gasteiger partial charge in [-0.2, -0.15) is 13.2 Å². The molecule has 0 amide bonds. The Hall–Kier alpha value is -0.750. The van der Waals surface area contributed by atoms with E-state index in [0.29, 0.717) is 22.2 Å². The van der Waals surface area contributed by atoms with Crippen molar-refractivity contribution in [3.05, 3.63) is 27.7 Å². The van der Waals surface area contributed by atoms with Crippen LogP contribution in [0.25, 0.3) is 0 Å². The molecule has 1 aromatic rings. The zero-order valence-electron chi connectivity index (χ0n) is 11.2. The second-order valence-electron chi connectivity index (χ2n) is 5.00. The minimum atomic E-state index is -4.34. The normalized spacial score (nSPS) is 19.9. The molecule has 0 spiro atoms. The van der Waals surface area contributed by atoms with Crippen molar-refractivity contribution in [2.75, 3.05) is 13.7 Å². The van der Waals surface area contributed by atoms with E-state index in [9.17, 15) is 13.2 Å². The van der Waals surface area contributed by atoms with Crippen molar-refractivity contribution in [1.82, 2.24) is 5.32 Å². The topological polar surface area (TPSA) is 21.3 Å². The SMILES string of the molecule is COc1c(Br)cc(C(F)(F)F)cc1CC1CCCCN1. The van der Waals surface area contributed by atoms with Gasteiger partial charge in [0.05, 0.1) is 17.1 Å². The predicted molar refractivity (Wildman–Crippen MR) is 75.0 cm³/mol. The Bertz CT molecular complexity index is 470. The number of rotatable bonds is 3. The van der Waals surface area contributed by atoms with Gasteiger partial charge < -0.3 is 10.1 Å². The molecule has 1 aromatic carbocycles. The number of nitrogens with one attached hydrogen (secondary N) is 1. The Morgan fingerprint density at radius 1 is 1.35 bits per heavy atom. The summed E-state index contributed by atoms with van der Waals surface area (Å²) in [6.45, 7) is 0.924. The van der Waals surface area contributed by atoms with Crippen LogP contribution in [0.3, 0.4) is 0 Å². The number of methoxy groups -OCH3 is 1. The van der Waals surface area contributed by atoms with Gasteiger partial charge in [-0.25, -0.2) is 0 Å². The summed E-state index contributed by atoms with van der Waals surface area (Å²) in [5.74, 6) is 0.491. The number of ether oxygens (including phenoxy) is 1. The van der Waals surface area contributed by atoms with Crippen molar-refractivity contribution < 1.29 is 17.9 Å². The third kappa shape index (κ3) is 3.67. The van der Waals surface area contributed by atoms with Crippen molar-refractivity contribution in [3.8, 4) is 5.75 Å². The van der Waals surface area contributed by atoms with Crippen molar-refractivity contribution in [1.29, 1.82) is 0 Å². The highest BCUT2D eigenvalue weighted by Gasteiger charge is 2.32. The summed E-state index contributed by atoms with van der Waals surface area (Å²) in [4.78, 5) is 0. The fourth-order valence-electron chi connectivity index (χ4n) is 2.56. The van der Waals surface area contributed by atoms with Gasteiger partial charge in [0.1, 0.15) is 5.75 Å². The minimum Gasteiger partial charge on any atom is -0.495 e. The number of hydrogen-bond acceptors (Lipinski definition) is 2. The van der Waals surface area contributed by atoms with Gasteiger partial charge in [-0.05, 0) is 59.4 Å². The first-order chi connectivity index (χ1) is 9.41. The van der Waals surface area contributed by atoms with E-state index in [4.69, 9.17) is 4.74 Å². The summed E-state index contributed by atoms with van der Waals surface area (Å²) in [6, 6.07) is 2.48. The lowest BCUT2D eigenvalue weighted by Gasteiger charge is -2.25. The summed E-state index contributed by atoms with van der Waals surface area (Å²) in [7, 11) is 1.48. The fraction of sp³-hybridized carbons (Fsp3) is 0.571. The summed E-state index contributed by atoms with van der Waals surface area (Å²) in [6.07, 6.45) is -0.577. The molecular formula is C14H17BrF3NO. The predicted octanol–water partition coefficient (Wildman–Crippen LogP) is 4.16. The lowest BCUT2D eigenvalue weighted by molar-refractivity contribution is -0.137. The molecule has 1 saturated heterocycles. The molecule has 0 aromatic heterocycles. The Morgan fingerprint density at radius 2 is 2.10 bits per heavy atom. The average Bonchev–Trinajstić information content (AvgIpc) is 2.38. The third-order valence-corrected chi connectivity index (χ3v) is 4.12. The smallest absolute Gasteiger partial charge is 0.416 e. The second-order valence-corrected chi connectivity index (χ2v) is 5.85. The maximum Gasteiger partial charge on any atom is 0.416 e. The number of piperidine rings is 1. The van der Waals surface area contributed by atoms with E-state index < -0.39 is 11.7 Å². The summed E-state index contributed by atoms with van der Waals surface area (Å²) in [5.41, 5.74) is -0.0513. The van der Waals surface area contributed by atoms with Crippen LogP contribution in [0.5, 0.6) is 5.75 Å². The molecule has 1 N–H and O–H groups in total. The molecule has 1 aliphatic heterocycles. The van der Waals surface area contributed by atoms with Crippen LogP contribution in [0.15, 0.2) is 16.6 Å². The van der Waals surface area contributed by atoms with Crippen LogP contribution in [0.2, 0.25) is 0 Å². The molecule has 0 radical (unpaired) electrons. The highest BCUT2D eigenvalue weighted by molar-refractivity contribution is 9.10. The van der Waals surface area contributed by atoms with Crippen molar-refractivity contribution in [2.45, 2.75) is 37.9 Å². The molecule has 2 rings (SSSR count). The quantitative estimate of drug-likeness (QED) is 0.882. The van der Waals surface area contributed by atoms with E-state index in [0.717, 1.165) is 31.9 Å². The van der Waals surface area contributed by atoms with Crippen LogP contribution >= 0.6 is 15.9 Å². The average molecular weight is 352 g/mol. The molecule has 0 aliphatic carbocycles. The maximum atomic E-state index is 12.9. The number of hydrogen-bond donors (Lipinski definition) is 1. The van der Waals surface area contributed by atoms with Crippen molar-refractivity contribution in [3.63, 3.8) is 0 Å². The lowest BCUT2D eigenvalue weighted by Crippen LogP contribution is -2.35. The van der Waals surface area contributed by atoms with E-state index in [-0.39, 0.29) is 6.04 Å². The zero-order valence-corrected chi connectivity index (χ0v) is 12.8. The highest BCUT2D eigenvalue weighted by atomic mass is 79.9. The largest absolute Gasteiger partial charge is 0.495 e. The van der Waals surface area contributed by atoms with Crippen LogP contribution < -0.4 is 10.1 Å². The van der Waals surface area contributed by atoms with E-state index in [1.165, 1.54) is 13.2 Å². The maximum absolute atomic E-state index is 12.9. The molecule has 1 heterocycles. The molecular weight excluding hydrogens is 335 g/mol. The highest BCUT2D eigenvalue weighted by Crippen LogP contribution is 2.38. The van der Waals surface area contributed by atoms with Gasteiger partial charge in [0.15, 0.2) is 0 Å². The monoisotopic (exact) mass is 351 g/mol. The molecule has 1 aliphatic rings. The summed E-state index contributed by atoms with van der Waals surface area (Å²) in [5, 5.41) is 3.34. The van der Waals surface area contributed by atoms with Crippen LogP contribution in [-0.4, -0.2) is 19.7 Å². The molecule has 112 valence electrons. The van der Waals surface area contributed by atoms with E-state index in [1.807, 2.05) is 0 Å². The standard InChI is InChI=1S/C14H17BrF3NO/c1-20-13-9(7-11-4-2-3-5-19-11)6-10(8-12(13)15)14(16,17)18/h6,8,11,19H,2-5,7H2,1H3. The molecule has 1 unspecified atom stereocenters. The van der Waals surface area contributed by atoms with Crippen molar-refractivity contribution >= 4 is 15.9 Å². The molecule has 6 heteroatoms. The van der Waals surface area contributed by atoms with Gasteiger partial charge >= 0.3 is 6.18 Å². The second kappa shape index (κ2) is 6.35. The van der Waals surface area contributed by atoms with E-state index in [1.54, 1.807) is 0 Å². The van der Waals surface area contributed by atoms with Crippen LogP contribution in [0.4, 0.5) is 13.2 Å². The van der Waals surface area contributed by atoms with Gasteiger partial charge in [0.2, 0.25) is 0 Å². The first kappa shape index (κ1) is 15.6. The van der Waals surface area contributed by atoms with Crippen LogP contribution in [-0.2, 0) is 12.6 Å². The first-order valence-corrected chi connectivity index (χ1v) is 7.38. The van der Waals surface area contributed by atoms with Gasteiger partial charge in [-0.3, -0.25) is 0 Å². The van der Waals surface area contributed by atoms with E-state index in [2.05, 4.69) is 21.2 Å². The Labute approximate surface area is 124 Å². The number of halogens is 4. The Kier molecular flexibility index (Phi) is 4.96. The fourth-order valence-corrected chi connectivity index (χ4v) is 3.22. The van der Waals surface area contributed by atoms with Crippen LogP contribution in [0.1, 0.15) is 30.4 Å². The molecule has 0 bridgehead atoms. The third-order valence-electron chi connectivity index (χ3n) is 3.53. The molecule has 1 fully saturated rings. The first-order valence-electron chi connectivity index (χ1n) is 6.59. The molecule has 20 heavy (non-hydrogen) atoms. The van der Waals surface area contributed by atoms with Crippen molar-refractivity contribution in [2.24, 2.45) is 0 Å². The Balaban J connectivity index is 2.30. The van der Waals surface area contributed by atoms with Crippen LogP contribution in [0, 0.1) is 0 Å². The van der Waals surface area contributed by atoms with Gasteiger partial charge in [0.25, 0.3) is 0 Å². The van der Waals surface area contributed by atoms with Gasteiger partial charge in [-0.1, -0.05) is 6.42 Å². The summed E-state index contributed by atoms with van der Waals surface area (Å²) >= 11 is 3.17. The van der Waals surface area contributed by atoms with E-state index >= 15 is 0 Å². The molecule has 1 atom stereocenters. The number of alkyl halides is 3. The van der Waals surface area contributed by atoms with Gasteiger partial charge in [-0.15, -0.1) is 0 Å². The lowest BCUT2D eigenvalue weighted by atomic mass is 9.96. The molecule has 0 saturated carbocycles. The minimum absolute atomic E-state index is 0.216. The number of benzene rings is 1. The Morgan fingerprint density at radius 3 is 2.65 bits per heavy atom. The molecule has 2 nitrogen and oxygen atoms in total. The zero-order chi connectivity index (χ0) is 14.8. The van der Waals surface area contributed by atoms with Gasteiger partial charge in [0, 0.05) is 6.04 Å². The summed E-state index contributed by atoms with van der Waals surface area (Å²) < 4.78 is 44.2.